The molecule has 0 N–H and O–H groups in total. The normalized spacial score (nSPS) is 11.9. The van der Waals surface area contributed by atoms with Gasteiger partial charge in [0.05, 0.1) is 38.8 Å². The molecule has 0 atom stereocenters. The van der Waals surface area contributed by atoms with Gasteiger partial charge in [-0.3, -0.25) is 0 Å². The van der Waals surface area contributed by atoms with Crippen molar-refractivity contribution in [2.75, 3.05) is 0 Å². The molecule has 3 aromatic heterocycles. The molecule has 9 aromatic carbocycles. The van der Waals surface area contributed by atoms with E-state index in [1.165, 1.54) is 87.7 Å². The standard InChI is InChI=1S/C54H35N3/c1-3-16-36(17-4-1)37-30-32-39(33-31-37)56-46-25-11-8-21-41(46)43-34-35-51-53(54(43)56)45-23-10-14-28-49(45)57(51)47-26-12-7-20-40(47)42-24-15-29-50-52(42)44-22-9-13-27-48(44)55(50)38-18-5-2-6-19-38/h1-35H. The Morgan fingerprint density at radius 2 is 0.754 bits per heavy atom. The summed E-state index contributed by atoms with van der Waals surface area (Å²) in [4.78, 5) is 0. The Balaban J connectivity index is 1.15. The van der Waals surface area contributed by atoms with Crippen molar-refractivity contribution in [1.82, 2.24) is 13.7 Å². The van der Waals surface area contributed by atoms with Crippen LogP contribution >= 0.6 is 0 Å². The summed E-state index contributed by atoms with van der Waals surface area (Å²) in [6, 6.07) is 77.3. The lowest BCUT2D eigenvalue weighted by atomic mass is 9.97. The minimum atomic E-state index is 1.15. The number of para-hydroxylation sites is 5. The summed E-state index contributed by atoms with van der Waals surface area (Å²) in [5, 5.41) is 7.48. The number of aromatic nitrogens is 3. The Hall–Kier alpha value is -7.62. The summed E-state index contributed by atoms with van der Waals surface area (Å²) >= 11 is 0. The zero-order chi connectivity index (χ0) is 37.5. The molecule has 266 valence electrons. The fourth-order valence-corrected chi connectivity index (χ4v) is 9.47. The van der Waals surface area contributed by atoms with Gasteiger partial charge in [0.2, 0.25) is 0 Å². The fraction of sp³-hybridized carbons (Fsp3) is 0. The molecule has 0 unspecified atom stereocenters. The molecule has 0 spiro atoms. The van der Waals surface area contributed by atoms with Gasteiger partial charge in [0, 0.05) is 49.3 Å². The van der Waals surface area contributed by atoms with E-state index < -0.39 is 0 Å². The van der Waals surface area contributed by atoms with Crippen LogP contribution in [0, 0.1) is 0 Å². The third-order valence-electron chi connectivity index (χ3n) is 11.8. The SMILES string of the molecule is c1ccc(-c2ccc(-n3c4ccccc4c4ccc5c(c6ccccc6n5-c5ccccc5-c5cccc6c5c5ccccc5n6-c5ccccc5)c43)cc2)cc1. The third-order valence-corrected chi connectivity index (χ3v) is 11.8. The largest absolute Gasteiger partial charge is 0.309 e. The summed E-state index contributed by atoms with van der Waals surface area (Å²) in [6.45, 7) is 0. The van der Waals surface area contributed by atoms with Crippen LogP contribution in [0.1, 0.15) is 0 Å². The molecule has 12 aromatic rings. The Labute approximate surface area is 329 Å². The highest BCUT2D eigenvalue weighted by atomic mass is 15.0. The number of nitrogens with zero attached hydrogens (tertiary/aromatic N) is 3. The number of rotatable bonds is 5. The Bertz CT molecular complexity index is 3490. The molecule has 0 radical (unpaired) electrons. The van der Waals surface area contributed by atoms with Crippen LogP contribution in [0.2, 0.25) is 0 Å². The molecular formula is C54H35N3. The van der Waals surface area contributed by atoms with E-state index in [9.17, 15) is 0 Å². The second kappa shape index (κ2) is 12.5. The van der Waals surface area contributed by atoms with Gasteiger partial charge in [0.25, 0.3) is 0 Å². The van der Waals surface area contributed by atoms with E-state index in [4.69, 9.17) is 0 Å². The predicted octanol–water partition coefficient (Wildman–Crippen LogP) is 14.3. The summed E-state index contributed by atoms with van der Waals surface area (Å²) < 4.78 is 7.37. The lowest BCUT2D eigenvalue weighted by Crippen LogP contribution is -1.98. The van der Waals surface area contributed by atoms with Crippen LogP contribution in [-0.2, 0) is 0 Å². The molecule has 3 heteroatoms. The van der Waals surface area contributed by atoms with Gasteiger partial charge in [-0.15, -0.1) is 0 Å². The molecular weight excluding hydrogens is 691 g/mol. The highest BCUT2D eigenvalue weighted by molar-refractivity contribution is 6.26. The number of hydrogen-bond donors (Lipinski definition) is 0. The molecule has 3 heterocycles. The van der Waals surface area contributed by atoms with E-state index in [1.54, 1.807) is 0 Å². The van der Waals surface area contributed by atoms with Crippen LogP contribution in [0.5, 0.6) is 0 Å². The highest BCUT2D eigenvalue weighted by Gasteiger charge is 2.23. The summed E-state index contributed by atoms with van der Waals surface area (Å²) in [7, 11) is 0. The maximum absolute atomic E-state index is 2.50. The maximum Gasteiger partial charge on any atom is 0.0641 e. The molecule has 0 aliphatic carbocycles. The molecule has 0 bridgehead atoms. The number of benzene rings is 9. The fourth-order valence-electron chi connectivity index (χ4n) is 9.47. The zero-order valence-corrected chi connectivity index (χ0v) is 31.0. The Morgan fingerprint density at radius 1 is 0.246 bits per heavy atom. The van der Waals surface area contributed by atoms with Crippen LogP contribution in [0.25, 0.3) is 105 Å². The second-order valence-corrected chi connectivity index (χ2v) is 14.9. The van der Waals surface area contributed by atoms with E-state index in [0.717, 1.165) is 17.1 Å². The van der Waals surface area contributed by atoms with E-state index in [1.807, 2.05) is 0 Å². The molecule has 0 aliphatic rings. The Kier molecular flexibility index (Phi) is 6.93. The monoisotopic (exact) mass is 725 g/mol. The maximum atomic E-state index is 2.50. The summed E-state index contributed by atoms with van der Waals surface area (Å²) in [6.07, 6.45) is 0. The molecule has 0 saturated carbocycles. The first-order valence-corrected chi connectivity index (χ1v) is 19.6. The zero-order valence-electron chi connectivity index (χ0n) is 31.0. The summed E-state index contributed by atoms with van der Waals surface area (Å²) in [5.74, 6) is 0. The van der Waals surface area contributed by atoms with Crippen molar-refractivity contribution >= 4 is 65.4 Å². The second-order valence-electron chi connectivity index (χ2n) is 14.9. The van der Waals surface area contributed by atoms with Crippen LogP contribution < -0.4 is 0 Å². The lowest BCUT2D eigenvalue weighted by Gasteiger charge is -2.15. The van der Waals surface area contributed by atoms with Crippen LogP contribution in [-0.4, -0.2) is 13.7 Å². The quantitative estimate of drug-likeness (QED) is 0.168. The molecule has 0 fully saturated rings. The molecule has 12 rings (SSSR count). The van der Waals surface area contributed by atoms with Gasteiger partial charge in [-0.1, -0.05) is 152 Å². The molecule has 0 amide bonds. The minimum Gasteiger partial charge on any atom is -0.309 e. The molecule has 0 saturated heterocycles. The van der Waals surface area contributed by atoms with Crippen molar-refractivity contribution in [3.05, 3.63) is 212 Å². The average Bonchev–Trinajstić information content (AvgIpc) is 3.93. The van der Waals surface area contributed by atoms with E-state index >= 15 is 0 Å². The van der Waals surface area contributed by atoms with Gasteiger partial charge in [0.1, 0.15) is 0 Å². The van der Waals surface area contributed by atoms with Gasteiger partial charge >= 0.3 is 0 Å². The Morgan fingerprint density at radius 3 is 1.51 bits per heavy atom. The molecule has 3 nitrogen and oxygen atoms in total. The van der Waals surface area contributed by atoms with Gasteiger partial charge in [0.15, 0.2) is 0 Å². The van der Waals surface area contributed by atoms with Gasteiger partial charge in [-0.25, -0.2) is 0 Å². The van der Waals surface area contributed by atoms with E-state index in [-0.39, 0.29) is 0 Å². The van der Waals surface area contributed by atoms with Gasteiger partial charge < -0.3 is 13.7 Å². The number of hydrogen-bond acceptors (Lipinski definition) is 0. The smallest absolute Gasteiger partial charge is 0.0641 e. The topological polar surface area (TPSA) is 14.8 Å². The lowest BCUT2D eigenvalue weighted by molar-refractivity contribution is 1.17. The van der Waals surface area contributed by atoms with Crippen molar-refractivity contribution in [2.24, 2.45) is 0 Å². The van der Waals surface area contributed by atoms with Crippen molar-refractivity contribution in [1.29, 1.82) is 0 Å². The average molecular weight is 726 g/mol. The van der Waals surface area contributed by atoms with Gasteiger partial charge in [-0.2, -0.15) is 0 Å². The van der Waals surface area contributed by atoms with E-state index in [2.05, 4.69) is 226 Å². The first kappa shape index (κ1) is 31.7. The van der Waals surface area contributed by atoms with Crippen LogP contribution in [0.4, 0.5) is 0 Å². The van der Waals surface area contributed by atoms with Crippen molar-refractivity contribution < 1.29 is 0 Å². The first-order valence-electron chi connectivity index (χ1n) is 19.6. The predicted molar refractivity (Wildman–Crippen MR) is 240 cm³/mol. The van der Waals surface area contributed by atoms with Gasteiger partial charge in [-0.05, 0) is 77.4 Å². The van der Waals surface area contributed by atoms with Crippen LogP contribution in [0.15, 0.2) is 212 Å². The first-order chi connectivity index (χ1) is 28.3. The third kappa shape index (κ3) is 4.66. The molecule has 0 aliphatic heterocycles. The summed E-state index contributed by atoms with van der Waals surface area (Å²) in [5.41, 5.74) is 15.5. The minimum absolute atomic E-state index is 1.15. The molecule has 57 heavy (non-hydrogen) atoms. The highest BCUT2D eigenvalue weighted by Crippen LogP contribution is 2.45. The van der Waals surface area contributed by atoms with Crippen molar-refractivity contribution in [3.63, 3.8) is 0 Å². The van der Waals surface area contributed by atoms with Crippen LogP contribution in [0.3, 0.4) is 0 Å². The van der Waals surface area contributed by atoms with Crippen molar-refractivity contribution in [3.8, 4) is 39.3 Å². The van der Waals surface area contributed by atoms with E-state index in [0.29, 0.717) is 0 Å². The number of fused-ring (bicyclic) bond motifs is 10. The van der Waals surface area contributed by atoms with Crippen molar-refractivity contribution in [2.45, 2.75) is 0 Å².